The lowest BCUT2D eigenvalue weighted by Crippen LogP contribution is -2.48. The molecule has 1 aliphatic rings. The summed E-state index contributed by atoms with van der Waals surface area (Å²) in [7, 11) is 0. The zero-order valence-corrected chi connectivity index (χ0v) is 16.2. The minimum absolute atomic E-state index is 0.0362. The number of nitrogens with zero attached hydrogens (tertiary/aromatic N) is 1. The first kappa shape index (κ1) is 20.0. The van der Waals surface area contributed by atoms with Crippen molar-refractivity contribution in [1.29, 1.82) is 0 Å². The fourth-order valence-electron chi connectivity index (χ4n) is 3.91. The van der Waals surface area contributed by atoms with E-state index in [1.807, 2.05) is 30.3 Å². The third-order valence-corrected chi connectivity index (χ3v) is 5.47. The predicted octanol–water partition coefficient (Wildman–Crippen LogP) is 5.26. The standard InChI is InChI=1S/C24H21F2NO3/c25-20-16-21(26)22(15-19(20)17-7-3-1-4-8-17)27-13-11-24(12-14-28,30-23(27)29)18-9-5-2-6-10-18/h1-10,15-16,28H,11-14H2. The van der Waals surface area contributed by atoms with Crippen LogP contribution in [0.25, 0.3) is 11.1 Å². The number of rotatable bonds is 5. The van der Waals surface area contributed by atoms with E-state index in [0.29, 0.717) is 12.0 Å². The Bertz CT molecular complexity index is 1040. The highest BCUT2D eigenvalue weighted by Gasteiger charge is 2.42. The molecule has 0 aromatic heterocycles. The lowest BCUT2D eigenvalue weighted by atomic mass is 9.86. The van der Waals surface area contributed by atoms with Gasteiger partial charge in [0.1, 0.15) is 17.2 Å². The molecule has 3 aromatic rings. The van der Waals surface area contributed by atoms with Crippen LogP contribution in [0.2, 0.25) is 0 Å². The van der Waals surface area contributed by atoms with Gasteiger partial charge in [-0.25, -0.2) is 13.6 Å². The maximum absolute atomic E-state index is 14.6. The normalized spacial score (nSPS) is 18.9. The van der Waals surface area contributed by atoms with Crippen LogP contribution < -0.4 is 4.90 Å². The number of cyclic esters (lactones) is 1. The lowest BCUT2D eigenvalue weighted by molar-refractivity contribution is -0.0259. The Hall–Kier alpha value is -3.25. The molecule has 1 fully saturated rings. The first-order chi connectivity index (χ1) is 14.5. The van der Waals surface area contributed by atoms with E-state index in [9.17, 15) is 18.7 Å². The van der Waals surface area contributed by atoms with Crippen LogP contribution in [0.3, 0.4) is 0 Å². The number of hydrogen-bond donors (Lipinski definition) is 1. The number of carbonyl (C=O) groups is 1. The maximum atomic E-state index is 14.6. The molecule has 154 valence electrons. The zero-order chi connectivity index (χ0) is 21.1. The third kappa shape index (κ3) is 3.66. The van der Waals surface area contributed by atoms with Crippen LogP contribution in [0, 0.1) is 11.6 Å². The highest BCUT2D eigenvalue weighted by atomic mass is 19.1. The molecule has 30 heavy (non-hydrogen) atoms. The minimum Gasteiger partial charge on any atom is -0.437 e. The smallest absolute Gasteiger partial charge is 0.415 e. The number of carbonyl (C=O) groups excluding carboxylic acids is 1. The molecule has 0 aliphatic carbocycles. The molecule has 0 radical (unpaired) electrons. The molecule has 1 heterocycles. The monoisotopic (exact) mass is 409 g/mol. The van der Waals surface area contributed by atoms with Crippen LogP contribution in [0.15, 0.2) is 72.8 Å². The van der Waals surface area contributed by atoms with Gasteiger partial charge in [-0.05, 0) is 17.2 Å². The first-order valence-electron chi connectivity index (χ1n) is 9.75. The highest BCUT2D eigenvalue weighted by molar-refractivity contribution is 5.90. The fourth-order valence-corrected chi connectivity index (χ4v) is 3.91. The van der Waals surface area contributed by atoms with Crippen molar-refractivity contribution in [2.45, 2.75) is 18.4 Å². The summed E-state index contributed by atoms with van der Waals surface area (Å²) in [6, 6.07) is 20.1. The van der Waals surface area contributed by atoms with Crippen LogP contribution in [0.4, 0.5) is 19.3 Å². The van der Waals surface area contributed by atoms with E-state index in [0.717, 1.165) is 11.6 Å². The molecular weight excluding hydrogens is 388 g/mol. The van der Waals surface area contributed by atoms with Crippen LogP contribution in [0.5, 0.6) is 0 Å². The van der Waals surface area contributed by atoms with Crippen molar-refractivity contribution in [3.05, 3.63) is 90.0 Å². The van der Waals surface area contributed by atoms with Gasteiger partial charge in [-0.3, -0.25) is 4.90 Å². The van der Waals surface area contributed by atoms with Gasteiger partial charge in [0.15, 0.2) is 0 Å². The molecule has 1 unspecified atom stereocenters. The summed E-state index contributed by atoms with van der Waals surface area (Å²) in [5.41, 5.74) is 0.542. The van der Waals surface area contributed by atoms with Crippen molar-refractivity contribution in [1.82, 2.24) is 0 Å². The van der Waals surface area contributed by atoms with Gasteiger partial charge in [-0.2, -0.15) is 0 Å². The largest absolute Gasteiger partial charge is 0.437 e. The van der Waals surface area contributed by atoms with Crippen molar-refractivity contribution in [2.75, 3.05) is 18.1 Å². The van der Waals surface area contributed by atoms with Gasteiger partial charge in [-0.1, -0.05) is 60.7 Å². The number of halogens is 2. The summed E-state index contributed by atoms with van der Waals surface area (Å²) in [6.45, 7) is 0.00967. The van der Waals surface area contributed by atoms with Gasteiger partial charge in [0.2, 0.25) is 0 Å². The predicted molar refractivity (Wildman–Crippen MR) is 110 cm³/mol. The quantitative estimate of drug-likeness (QED) is 0.626. The van der Waals surface area contributed by atoms with Crippen LogP contribution >= 0.6 is 0 Å². The van der Waals surface area contributed by atoms with Crippen molar-refractivity contribution in [2.24, 2.45) is 0 Å². The molecule has 1 atom stereocenters. The zero-order valence-electron chi connectivity index (χ0n) is 16.2. The van der Waals surface area contributed by atoms with E-state index in [1.54, 1.807) is 30.3 Å². The van der Waals surface area contributed by atoms with E-state index in [1.165, 1.54) is 11.0 Å². The van der Waals surface area contributed by atoms with Gasteiger partial charge < -0.3 is 9.84 Å². The second-order valence-electron chi connectivity index (χ2n) is 7.25. The molecule has 0 bridgehead atoms. The van der Waals surface area contributed by atoms with Gasteiger partial charge in [0.05, 0.1) is 5.69 Å². The summed E-state index contributed by atoms with van der Waals surface area (Å²) in [4.78, 5) is 14.1. The SMILES string of the molecule is O=C1OC(CCO)(c2ccccc2)CCN1c1cc(-c2ccccc2)c(F)cc1F. The molecular formula is C24H21F2NO3. The lowest BCUT2D eigenvalue weighted by Gasteiger charge is -2.41. The molecule has 1 N–H and O–H groups in total. The van der Waals surface area contributed by atoms with Crippen molar-refractivity contribution >= 4 is 11.8 Å². The molecule has 0 saturated carbocycles. The molecule has 0 spiro atoms. The Labute approximate surface area is 173 Å². The topological polar surface area (TPSA) is 49.8 Å². The number of benzene rings is 3. The second-order valence-corrected chi connectivity index (χ2v) is 7.25. The summed E-state index contributed by atoms with van der Waals surface area (Å²) in [6.07, 6.45) is -0.137. The van der Waals surface area contributed by atoms with Crippen LogP contribution in [-0.2, 0) is 10.3 Å². The molecule has 1 saturated heterocycles. The van der Waals surface area contributed by atoms with E-state index < -0.39 is 23.3 Å². The van der Waals surface area contributed by atoms with E-state index >= 15 is 0 Å². The average molecular weight is 409 g/mol. The Morgan fingerprint density at radius 3 is 2.27 bits per heavy atom. The molecule has 1 aliphatic heterocycles. The van der Waals surface area contributed by atoms with Crippen molar-refractivity contribution in [3.8, 4) is 11.1 Å². The average Bonchev–Trinajstić information content (AvgIpc) is 2.76. The number of hydrogen-bond acceptors (Lipinski definition) is 3. The number of anilines is 1. The molecule has 1 amide bonds. The summed E-state index contributed by atoms with van der Waals surface area (Å²) in [5, 5.41) is 9.54. The van der Waals surface area contributed by atoms with Gasteiger partial charge in [0, 0.05) is 37.6 Å². The molecule has 6 heteroatoms. The summed E-state index contributed by atoms with van der Waals surface area (Å²) < 4.78 is 34.8. The maximum Gasteiger partial charge on any atom is 0.415 e. The van der Waals surface area contributed by atoms with E-state index in [4.69, 9.17) is 4.74 Å². The van der Waals surface area contributed by atoms with Crippen molar-refractivity contribution < 1.29 is 23.4 Å². The van der Waals surface area contributed by atoms with Gasteiger partial charge in [0.25, 0.3) is 0 Å². The number of aliphatic hydroxyl groups excluding tert-OH is 1. The molecule has 4 rings (SSSR count). The number of amides is 1. The van der Waals surface area contributed by atoms with Gasteiger partial charge >= 0.3 is 6.09 Å². The Kier molecular flexibility index (Phi) is 5.50. The minimum atomic E-state index is -0.984. The van der Waals surface area contributed by atoms with Crippen LogP contribution in [-0.4, -0.2) is 24.4 Å². The van der Waals surface area contributed by atoms with Gasteiger partial charge in [-0.15, -0.1) is 0 Å². The van der Waals surface area contributed by atoms with Crippen molar-refractivity contribution in [3.63, 3.8) is 0 Å². The first-order valence-corrected chi connectivity index (χ1v) is 9.75. The third-order valence-electron chi connectivity index (χ3n) is 5.47. The Morgan fingerprint density at radius 1 is 0.967 bits per heavy atom. The molecule has 4 nitrogen and oxygen atoms in total. The highest BCUT2D eigenvalue weighted by Crippen LogP contribution is 2.40. The summed E-state index contributed by atoms with van der Waals surface area (Å²) in [5.74, 6) is -1.54. The molecule has 3 aromatic carbocycles. The number of aliphatic hydroxyl groups is 1. The Balaban J connectivity index is 1.68. The fraction of sp³-hybridized carbons (Fsp3) is 0.208. The second kappa shape index (κ2) is 8.24. The summed E-state index contributed by atoms with van der Waals surface area (Å²) >= 11 is 0. The van der Waals surface area contributed by atoms with E-state index in [2.05, 4.69) is 0 Å². The van der Waals surface area contributed by atoms with Crippen LogP contribution in [0.1, 0.15) is 18.4 Å². The Morgan fingerprint density at radius 2 is 1.63 bits per heavy atom. The number of ether oxygens (including phenoxy) is 1. The van der Waals surface area contributed by atoms with E-state index in [-0.39, 0.29) is 30.8 Å².